The molecule has 110 valence electrons. The third-order valence-corrected chi connectivity index (χ3v) is 3.11. The first-order chi connectivity index (χ1) is 9.78. The number of nitrogens with zero attached hydrogens (tertiary/aromatic N) is 2. The Hall–Kier alpha value is -2.23. The van der Waals surface area contributed by atoms with E-state index in [1.165, 1.54) is 10.8 Å². The molecular weight excluding hydrogens is 264 g/mol. The van der Waals surface area contributed by atoms with Crippen molar-refractivity contribution >= 4 is 5.78 Å². The van der Waals surface area contributed by atoms with E-state index < -0.39 is 0 Å². The van der Waals surface area contributed by atoms with Gasteiger partial charge in [-0.15, -0.1) is 0 Å². The summed E-state index contributed by atoms with van der Waals surface area (Å²) in [4.78, 5) is 28.7. The molecule has 0 aliphatic heterocycles. The van der Waals surface area contributed by atoms with Crippen LogP contribution in [-0.2, 0) is 0 Å². The number of aromatic nitrogens is 2. The van der Waals surface area contributed by atoms with Crippen molar-refractivity contribution in [2.45, 2.75) is 34.1 Å². The van der Waals surface area contributed by atoms with Crippen molar-refractivity contribution in [1.29, 1.82) is 0 Å². The highest BCUT2D eigenvalue weighted by molar-refractivity contribution is 5.94. The molecule has 2 rings (SSSR count). The van der Waals surface area contributed by atoms with Crippen molar-refractivity contribution in [3.05, 3.63) is 58.3 Å². The van der Waals surface area contributed by atoms with Crippen LogP contribution in [0.2, 0.25) is 0 Å². The first kappa shape index (κ1) is 15.2. The van der Waals surface area contributed by atoms with Crippen molar-refractivity contribution in [2.75, 3.05) is 0 Å². The van der Waals surface area contributed by atoms with Gasteiger partial charge in [0.05, 0.1) is 0 Å². The van der Waals surface area contributed by atoms with E-state index in [2.05, 4.69) is 4.98 Å². The minimum absolute atomic E-state index is 0.00741. The second-order valence-corrected chi connectivity index (χ2v) is 6.45. The normalized spacial score (nSPS) is 11.4. The highest BCUT2D eigenvalue weighted by atomic mass is 16.1. The predicted octanol–water partition coefficient (Wildman–Crippen LogP) is 3.16. The fraction of sp³-hybridized carbons (Fsp3) is 0.353. The lowest BCUT2D eigenvalue weighted by Crippen LogP contribution is -2.28. The molecule has 0 N–H and O–H groups in total. The molecule has 4 heteroatoms. The van der Waals surface area contributed by atoms with E-state index in [1.54, 1.807) is 6.20 Å². The van der Waals surface area contributed by atoms with Gasteiger partial charge in [-0.05, 0) is 24.5 Å². The van der Waals surface area contributed by atoms with Crippen LogP contribution in [0.1, 0.15) is 43.2 Å². The van der Waals surface area contributed by atoms with Gasteiger partial charge in [0.25, 0.3) is 5.56 Å². The molecule has 0 saturated heterocycles. The SMILES string of the molecule is Cc1ccc(-n2ccnc(C(=O)CC(C)(C)C)c2=O)cc1. The molecule has 1 heterocycles. The molecule has 0 aliphatic rings. The van der Waals surface area contributed by atoms with Gasteiger partial charge in [0.2, 0.25) is 0 Å². The minimum Gasteiger partial charge on any atom is -0.292 e. The number of benzene rings is 1. The average Bonchev–Trinajstić information content (AvgIpc) is 2.38. The maximum Gasteiger partial charge on any atom is 0.284 e. The van der Waals surface area contributed by atoms with Gasteiger partial charge < -0.3 is 0 Å². The first-order valence-electron chi connectivity index (χ1n) is 6.96. The maximum atomic E-state index is 12.5. The van der Waals surface area contributed by atoms with E-state index in [0.29, 0.717) is 6.42 Å². The topological polar surface area (TPSA) is 52.0 Å². The van der Waals surface area contributed by atoms with E-state index in [1.807, 2.05) is 52.0 Å². The zero-order chi connectivity index (χ0) is 15.6. The monoisotopic (exact) mass is 284 g/mol. The third kappa shape index (κ3) is 3.66. The molecule has 0 saturated carbocycles. The molecule has 0 unspecified atom stereocenters. The molecule has 1 aromatic carbocycles. The number of hydrogen-bond donors (Lipinski definition) is 0. The Balaban J connectivity index is 2.43. The Bertz CT molecular complexity index is 707. The van der Waals surface area contributed by atoms with Crippen LogP contribution in [0, 0.1) is 12.3 Å². The number of Topliss-reactive ketones (excluding diaryl/α,β-unsaturated/α-hetero) is 1. The molecule has 2 aromatic rings. The average molecular weight is 284 g/mol. The van der Waals surface area contributed by atoms with Crippen molar-refractivity contribution in [2.24, 2.45) is 5.41 Å². The number of carbonyl (C=O) groups excluding carboxylic acids is 1. The quantitative estimate of drug-likeness (QED) is 0.813. The summed E-state index contributed by atoms with van der Waals surface area (Å²) >= 11 is 0. The molecule has 4 nitrogen and oxygen atoms in total. The Morgan fingerprint density at radius 2 is 1.81 bits per heavy atom. The molecule has 0 aliphatic carbocycles. The summed E-state index contributed by atoms with van der Waals surface area (Å²) in [6.45, 7) is 7.88. The van der Waals surface area contributed by atoms with E-state index in [-0.39, 0.29) is 22.5 Å². The Morgan fingerprint density at radius 1 is 1.19 bits per heavy atom. The fourth-order valence-corrected chi connectivity index (χ4v) is 2.08. The van der Waals surface area contributed by atoms with Gasteiger partial charge >= 0.3 is 0 Å². The van der Waals surface area contributed by atoms with Gasteiger partial charge in [0, 0.05) is 24.5 Å². The van der Waals surface area contributed by atoms with Gasteiger partial charge in [-0.1, -0.05) is 38.5 Å². The highest BCUT2D eigenvalue weighted by Gasteiger charge is 2.21. The van der Waals surface area contributed by atoms with Crippen LogP contribution < -0.4 is 5.56 Å². The number of hydrogen-bond acceptors (Lipinski definition) is 3. The molecule has 0 fully saturated rings. The van der Waals surface area contributed by atoms with E-state index >= 15 is 0 Å². The van der Waals surface area contributed by atoms with Crippen molar-refractivity contribution < 1.29 is 4.79 Å². The minimum atomic E-state index is -0.365. The lowest BCUT2D eigenvalue weighted by Gasteiger charge is -2.16. The zero-order valence-electron chi connectivity index (χ0n) is 12.9. The molecular formula is C17H20N2O2. The summed E-state index contributed by atoms with van der Waals surface area (Å²) in [5.74, 6) is -0.214. The summed E-state index contributed by atoms with van der Waals surface area (Å²) < 4.78 is 1.46. The van der Waals surface area contributed by atoms with Gasteiger partial charge in [-0.3, -0.25) is 14.2 Å². The Kier molecular flexibility index (Phi) is 4.07. The van der Waals surface area contributed by atoms with Crippen molar-refractivity contribution in [1.82, 2.24) is 9.55 Å². The van der Waals surface area contributed by atoms with E-state index in [9.17, 15) is 9.59 Å². The summed E-state index contributed by atoms with van der Waals surface area (Å²) in [7, 11) is 0. The second kappa shape index (κ2) is 5.64. The van der Waals surface area contributed by atoms with Crippen LogP contribution >= 0.6 is 0 Å². The molecule has 0 atom stereocenters. The second-order valence-electron chi connectivity index (χ2n) is 6.45. The van der Waals surface area contributed by atoms with Crippen LogP contribution in [0.25, 0.3) is 5.69 Å². The summed E-state index contributed by atoms with van der Waals surface area (Å²) in [5.41, 5.74) is 1.32. The van der Waals surface area contributed by atoms with E-state index in [0.717, 1.165) is 11.3 Å². The summed E-state index contributed by atoms with van der Waals surface area (Å²) in [5, 5.41) is 0. The van der Waals surface area contributed by atoms with Crippen LogP contribution in [0.4, 0.5) is 0 Å². The third-order valence-electron chi connectivity index (χ3n) is 3.11. The molecule has 21 heavy (non-hydrogen) atoms. The number of carbonyl (C=O) groups is 1. The molecule has 0 radical (unpaired) electrons. The van der Waals surface area contributed by atoms with E-state index in [4.69, 9.17) is 0 Å². The van der Waals surface area contributed by atoms with Crippen LogP contribution in [0.3, 0.4) is 0 Å². The van der Waals surface area contributed by atoms with Gasteiger partial charge in [-0.2, -0.15) is 0 Å². The largest absolute Gasteiger partial charge is 0.292 e. The molecule has 0 spiro atoms. The number of rotatable bonds is 3. The standard InChI is InChI=1S/C17H20N2O2/c1-12-5-7-13(8-6-12)19-10-9-18-15(16(19)21)14(20)11-17(2,3)4/h5-10H,11H2,1-4H3. The van der Waals surface area contributed by atoms with Crippen LogP contribution in [-0.4, -0.2) is 15.3 Å². The maximum absolute atomic E-state index is 12.5. The molecule has 1 aromatic heterocycles. The Labute approximate surface area is 124 Å². The highest BCUT2D eigenvalue weighted by Crippen LogP contribution is 2.20. The van der Waals surface area contributed by atoms with Crippen molar-refractivity contribution in [3.63, 3.8) is 0 Å². The van der Waals surface area contributed by atoms with Gasteiger partial charge in [-0.25, -0.2) is 4.98 Å². The lowest BCUT2D eigenvalue weighted by molar-refractivity contribution is 0.0933. The van der Waals surface area contributed by atoms with Crippen LogP contribution in [0.15, 0.2) is 41.5 Å². The van der Waals surface area contributed by atoms with Gasteiger partial charge in [0.15, 0.2) is 11.5 Å². The predicted molar refractivity (Wildman–Crippen MR) is 83.0 cm³/mol. The lowest BCUT2D eigenvalue weighted by atomic mass is 9.89. The van der Waals surface area contributed by atoms with Crippen LogP contribution in [0.5, 0.6) is 0 Å². The Morgan fingerprint density at radius 3 is 2.38 bits per heavy atom. The summed E-state index contributed by atoms with van der Waals surface area (Å²) in [6, 6.07) is 7.57. The smallest absolute Gasteiger partial charge is 0.284 e. The van der Waals surface area contributed by atoms with Crippen molar-refractivity contribution in [3.8, 4) is 5.69 Å². The zero-order valence-corrected chi connectivity index (χ0v) is 12.9. The first-order valence-corrected chi connectivity index (χ1v) is 6.96. The molecule has 0 bridgehead atoms. The summed E-state index contributed by atoms with van der Waals surface area (Å²) in [6.07, 6.45) is 3.38. The number of aryl methyl sites for hydroxylation is 1. The fourth-order valence-electron chi connectivity index (χ4n) is 2.08. The molecule has 0 amide bonds. The van der Waals surface area contributed by atoms with Gasteiger partial charge in [0.1, 0.15) is 0 Å². The number of ketones is 1.